The van der Waals surface area contributed by atoms with Gasteiger partial charge < -0.3 is 10.1 Å². The molecule has 0 saturated heterocycles. The molecule has 138 valence electrons. The van der Waals surface area contributed by atoms with E-state index in [0.717, 1.165) is 22.2 Å². The highest BCUT2D eigenvalue weighted by molar-refractivity contribution is 8.03. The molecule has 27 heavy (non-hydrogen) atoms. The SMILES string of the molecule is Cc1cc(SC#N)ccc1NC(=O)COC(=O)c1cccc(C)c1[N+](=O)[O-]. The Morgan fingerprint density at radius 2 is 2.00 bits per heavy atom. The topological polar surface area (TPSA) is 122 Å². The van der Waals surface area contributed by atoms with Gasteiger partial charge >= 0.3 is 5.97 Å². The first-order chi connectivity index (χ1) is 12.8. The van der Waals surface area contributed by atoms with Crippen molar-refractivity contribution in [3.8, 4) is 5.40 Å². The third-order valence-electron chi connectivity index (χ3n) is 3.61. The van der Waals surface area contributed by atoms with Gasteiger partial charge in [-0.25, -0.2) is 4.79 Å². The monoisotopic (exact) mass is 385 g/mol. The number of thioether (sulfide) groups is 1. The minimum atomic E-state index is -0.946. The Morgan fingerprint density at radius 3 is 2.63 bits per heavy atom. The second kappa shape index (κ2) is 8.82. The second-order valence-electron chi connectivity index (χ2n) is 5.52. The first-order valence-electron chi connectivity index (χ1n) is 7.71. The van der Waals surface area contributed by atoms with Gasteiger partial charge in [0.25, 0.3) is 11.6 Å². The minimum absolute atomic E-state index is 0.207. The molecule has 0 radical (unpaired) electrons. The summed E-state index contributed by atoms with van der Waals surface area (Å²) in [5.41, 5.74) is 1.03. The molecule has 9 heteroatoms. The van der Waals surface area contributed by atoms with Gasteiger partial charge in [0.15, 0.2) is 6.61 Å². The third-order valence-corrected chi connectivity index (χ3v) is 4.19. The lowest BCUT2D eigenvalue weighted by Crippen LogP contribution is -2.21. The van der Waals surface area contributed by atoms with E-state index in [4.69, 9.17) is 10.00 Å². The summed E-state index contributed by atoms with van der Waals surface area (Å²) in [5.74, 6) is -1.53. The van der Waals surface area contributed by atoms with E-state index in [1.807, 2.05) is 5.40 Å². The number of nitro groups is 1. The summed E-state index contributed by atoms with van der Waals surface area (Å²) in [7, 11) is 0. The van der Waals surface area contributed by atoms with Gasteiger partial charge in [-0.2, -0.15) is 5.26 Å². The Balaban J connectivity index is 2.02. The average molecular weight is 385 g/mol. The summed E-state index contributed by atoms with van der Waals surface area (Å²) in [6.45, 7) is 2.69. The summed E-state index contributed by atoms with van der Waals surface area (Å²) < 4.78 is 4.91. The van der Waals surface area contributed by atoms with E-state index >= 15 is 0 Å². The number of nitrogens with one attached hydrogen (secondary N) is 1. The van der Waals surface area contributed by atoms with Crippen LogP contribution in [0.5, 0.6) is 0 Å². The van der Waals surface area contributed by atoms with Crippen LogP contribution in [0, 0.1) is 34.6 Å². The van der Waals surface area contributed by atoms with E-state index in [1.54, 1.807) is 25.1 Å². The van der Waals surface area contributed by atoms with Gasteiger partial charge in [0, 0.05) is 16.1 Å². The normalized spacial score (nSPS) is 9.96. The Hall–Kier alpha value is -3.38. The van der Waals surface area contributed by atoms with Gasteiger partial charge in [0.05, 0.1) is 4.92 Å². The fraction of sp³-hybridized carbons (Fsp3) is 0.167. The van der Waals surface area contributed by atoms with Crippen molar-refractivity contribution in [3.63, 3.8) is 0 Å². The number of esters is 1. The van der Waals surface area contributed by atoms with Crippen molar-refractivity contribution in [1.82, 2.24) is 0 Å². The van der Waals surface area contributed by atoms with Crippen LogP contribution in [0.2, 0.25) is 0 Å². The van der Waals surface area contributed by atoms with Gasteiger partial charge in [-0.05, 0) is 55.4 Å². The highest BCUT2D eigenvalue weighted by Gasteiger charge is 2.24. The Morgan fingerprint density at radius 1 is 1.26 bits per heavy atom. The van der Waals surface area contributed by atoms with Crippen LogP contribution in [0.3, 0.4) is 0 Å². The van der Waals surface area contributed by atoms with Crippen molar-refractivity contribution in [2.45, 2.75) is 18.7 Å². The molecule has 0 aliphatic heterocycles. The van der Waals surface area contributed by atoms with E-state index in [0.29, 0.717) is 11.3 Å². The van der Waals surface area contributed by atoms with Crippen molar-refractivity contribution in [2.75, 3.05) is 11.9 Å². The number of ether oxygens (including phenoxy) is 1. The van der Waals surface area contributed by atoms with Gasteiger partial charge in [0.2, 0.25) is 0 Å². The van der Waals surface area contributed by atoms with Crippen LogP contribution in [-0.4, -0.2) is 23.4 Å². The molecule has 1 N–H and O–H groups in total. The molecule has 0 unspecified atom stereocenters. The molecule has 0 aromatic heterocycles. The van der Waals surface area contributed by atoms with E-state index in [1.165, 1.54) is 25.1 Å². The average Bonchev–Trinajstić information content (AvgIpc) is 2.61. The van der Waals surface area contributed by atoms with Crippen LogP contribution in [-0.2, 0) is 9.53 Å². The first kappa shape index (κ1) is 19.9. The van der Waals surface area contributed by atoms with E-state index in [2.05, 4.69) is 5.32 Å². The number of rotatable bonds is 6. The molecule has 0 heterocycles. The fourth-order valence-corrected chi connectivity index (χ4v) is 2.83. The fourth-order valence-electron chi connectivity index (χ4n) is 2.35. The van der Waals surface area contributed by atoms with Crippen LogP contribution in [0.15, 0.2) is 41.3 Å². The quantitative estimate of drug-likeness (QED) is 0.265. The predicted molar refractivity (Wildman–Crippen MR) is 99.4 cm³/mol. The third kappa shape index (κ3) is 5.05. The maximum Gasteiger partial charge on any atom is 0.345 e. The molecule has 0 aliphatic carbocycles. The molecule has 2 rings (SSSR count). The van der Waals surface area contributed by atoms with E-state index in [9.17, 15) is 19.7 Å². The second-order valence-corrected chi connectivity index (χ2v) is 6.38. The Kier molecular flexibility index (Phi) is 6.51. The smallest absolute Gasteiger partial charge is 0.345 e. The van der Waals surface area contributed by atoms with Crippen LogP contribution < -0.4 is 5.32 Å². The van der Waals surface area contributed by atoms with Crippen molar-refractivity contribution in [2.24, 2.45) is 0 Å². The zero-order valence-corrected chi connectivity index (χ0v) is 15.3. The number of aryl methyl sites for hydroxylation is 2. The lowest BCUT2D eigenvalue weighted by atomic mass is 10.1. The molecule has 0 fully saturated rings. The molecule has 8 nitrogen and oxygen atoms in total. The number of hydrogen-bond donors (Lipinski definition) is 1. The minimum Gasteiger partial charge on any atom is -0.452 e. The van der Waals surface area contributed by atoms with Gasteiger partial charge in [-0.1, -0.05) is 12.1 Å². The van der Waals surface area contributed by atoms with Crippen molar-refractivity contribution in [3.05, 3.63) is 63.2 Å². The van der Waals surface area contributed by atoms with Crippen LogP contribution in [0.4, 0.5) is 11.4 Å². The molecular formula is C18H15N3O5S. The molecule has 2 aromatic carbocycles. The number of nitrogens with zero attached hydrogens (tertiary/aromatic N) is 2. The zero-order chi connectivity index (χ0) is 20.0. The molecule has 0 saturated carbocycles. The van der Waals surface area contributed by atoms with Crippen LogP contribution >= 0.6 is 11.8 Å². The number of benzene rings is 2. The number of thiocyanates is 1. The van der Waals surface area contributed by atoms with Gasteiger partial charge in [-0.15, -0.1) is 0 Å². The van der Waals surface area contributed by atoms with Crippen molar-refractivity contribution >= 4 is 35.0 Å². The van der Waals surface area contributed by atoms with E-state index < -0.39 is 23.4 Å². The summed E-state index contributed by atoms with van der Waals surface area (Å²) in [5, 5.41) is 24.4. The number of hydrogen-bond acceptors (Lipinski definition) is 7. The van der Waals surface area contributed by atoms with E-state index in [-0.39, 0.29) is 11.3 Å². The number of nitriles is 1. The van der Waals surface area contributed by atoms with Gasteiger partial charge in [-0.3, -0.25) is 14.9 Å². The van der Waals surface area contributed by atoms with Crippen LogP contribution in [0.1, 0.15) is 21.5 Å². The lowest BCUT2D eigenvalue weighted by molar-refractivity contribution is -0.385. The maximum absolute atomic E-state index is 12.1. The summed E-state index contributed by atoms with van der Waals surface area (Å²) in [4.78, 5) is 35.4. The highest BCUT2D eigenvalue weighted by atomic mass is 32.2. The van der Waals surface area contributed by atoms with Gasteiger partial charge in [0.1, 0.15) is 11.0 Å². The Bertz CT molecular complexity index is 952. The van der Waals surface area contributed by atoms with Crippen molar-refractivity contribution < 1.29 is 19.2 Å². The number of para-hydroxylation sites is 1. The number of amides is 1. The number of carbonyl (C=O) groups excluding carboxylic acids is 2. The standard InChI is InChI=1S/C18H15N3O5S/c1-11-4-3-5-14(17(11)21(24)25)18(23)26-9-16(22)20-15-7-6-13(27-10-19)8-12(15)2/h3-8H,9H2,1-2H3,(H,20,22). The molecule has 0 atom stereocenters. The molecule has 0 spiro atoms. The predicted octanol–water partition coefficient (Wildman–Crippen LogP) is 3.58. The molecule has 0 bridgehead atoms. The first-order valence-corrected chi connectivity index (χ1v) is 8.52. The number of anilines is 1. The van der Waals surface area contributed by atoms with Crippen LogP contribution in [0.25, 0.3) is 0 Å². The molecule has 2 aromatic rings. The molecule has 0 aliphatic rings. The maximum atomic E-state index is 12.1. The summed E-state index contributed by atoms with van der Waals surface area (Å²) in [6.07, 6.45) is 0. The van der Waals surface area contributed by atoms with Crippen molar-refractivity contribution in [1.29, 1.82) is 5.26 Å². The largest absolute Gasteiger partial charge is 0.452 e. The zero-order valence-electron chi connectivity index (χ0n) is 14.5. The summed E-state index contributed by atoms with van der Waals surface area (Å²) in [6, 6.07) is 9.35. The molecule has 1 amide bonds. The molecular weight excluding hydrogens is 370 g/mol. The number of carbonyl (C=O) groups is 2. The Labute approximate surface area is 159 Å². The lowest BCUT2D eigenvalue weighted by Gasteiger charge is -2.10. The highest BCUT2D eigenvalue weighted by Crippen LogP contribution is 2.24. The number of nitro benzene ring substituents is 1. The summed E-state index contributed by atoms with van der Waals surface area (Å²) >= 11 is 1.00.